The molecule has 0 amide bonds. The molecule has 0 saturated heterocycles. The van der Waals surface area contributed by atoms with Crippen LogP contribution in [-0.4, -0.2) is 12.6 Å². The lowest BCUT2D eigenvalue weighted by Gasteiger charge is -2.03. The van der Waals surface area contributed by atoms with Crippen molar-refractivity contribution in [3.05, 3.63) is 72.9 Å². The van der Waals surface area contributed by atoms with Gasteiger partial charge in [-0.05, 0) is 18.8 Å². The summed E-state index contributed by atoms with van der Waals surface area (Å²) in [6.45, 7) is 6.74. The van der Waals surface area contributed by atoms with Crippen LogP contribution in [0.1, 0.15) is 72.1 Å². The molecule has 0 aliphatic rings. The predicted molar refractivity (Wildman–Crippen MR) is 123 cm³/mol. The normalized spacial score (nSPS) is 13.0. The van der Waals surface area contributed by atoms with Crippen LogP contribution in [0.5, 0.6) is 0 Å². The fourth-order valence-corrected chi connectivity index (χ4v) is 2.34. The molecule has 0 saturated carbocycles. The Balaban J connectivity index is 3.69. The lowest BCUT2D eigenvalue weighted by molar-refractivity contribution is -0.138. The van der Waals surface area contributed by atoms with Crippen LogP contribution >= 0.6 is 0 Å². The van der Waals surface area contributed by atoms with Crippen molar-refractivity contribution in [2.75, 3.05) is 6.61 Å². The molecule has 2 heteroatoms. The Bertz CT molecular complexity index is 531. The van der Waals surface area contributed by atoms with E-state index in [2.05, 4.69) is 25.2 Å². The van der Waals surface area contributed by atoms with Crippen molar-refractivity contribution < 1.29 is 9.53 Å². The first kappa shape index (κ1) is 25.9. The van der Waals surface area contributed by atoms with Gasteiger partial charge >= 0.3 is 5.97 Å². The lowest BCUT2D eigenvalue weighted by atomic mass is 10.1. The third-order valence-corrected chi connectivity index (χ3v) is 3.90. The Morgan fingerprint density at radius 1 is 0.714 bits per heavy atom. The fraction of sp³-hybridized carbons (Fsp3) is 0.500. The zero-order valence-electron chi connectivity index (χ0n) is 18.2. The molecule has 0 rings (SSSR count). The summed E-state index contributed by atoms with van der Waals surface area (Å²) >= 11 is 0. The largest absolute Gasteiger partial charge is 0.462 e. The standard InChI is InChI=1S/C26H40O2/c1-4-5-6-7-8-9-10-11-12-13-14-15-16-17-18-19-20-21-22-23-26(27)28-24-25(2)3/h12-23,25H,4-11,24H2,1-3H3. The van der Waals surface area contributed by atoms with Crippen LogP contribution in [0.2, 0.25) is 0 Å². The van der Waals surface area contributed by atoms with Gasteiger partial charge in [-0.15, -0.1) is 0 Å². The summed E-state index contributed by atoms with van der Waals surface area (Å²) in [7, 11) is 0. The average molecular weight is 385 g/mol. The molecule has 0 aromatic rings. The zero-order chi connectivity index (χ0) is 20.7. The second-order valence-corrected chi connectivity index (χ2v) is 7.26. The molecule has 0 N–H and O–H groups in total. The first-order valence-electron chi connectivity index (χ1n) is 10.8. The Morgan fingerprint density at radius 2 is 1.21 bits per heavy atom. The van der Waals surface area contributed by atoms with Gasteiger partial charge in [-0.1, -0.05) is 126 Å². The van der Waals surface area contributed by atoms with Gasteiger partial charge in [-0.3, -0.25) is 0 Å². The summed E-state index contributed by atoms with van der Waals surface area (Å²) in [6, 6.07) is 0. The van der Waals surface area contributed by atoms with E-state index in [1.807, 2.05) is 56.4 Å². The monoisotopic (exact) mass is 384 g/mol. The van der Waals surface area contributed by atoms with Crippen molar-refractivity contribution in [3.63, 3.8) is 0 Å². The van der Waals surface area contributed by atoms with E-state index in [1.54, 1.807) is 6.08 Å². The molecule has 156 valence electrons. The number of carbonyl (C=O) groups excluding carboxylic acids is 1. The van der Waals surface area contributed by atoms with E-state index < -0.39 is 0 Å². The van der Waals surface area contributed by atoms with Gasteiger partial charge in [0.2, 0.25) is 0 Å². The van der Waals surface area contributed by atoms with E-state index in [9.17, 15) is 4.79 Å². The van der Waals surface area contributed by atoms with Gasteiger partial charge < -0.3 is 4.74 Å². The molecular formula is C26H40O2. The number of carbonyl (C=O) groups is 1. The van der Waals surface area contributed by atoms with E-state index in [4.69, 9.17) is 4.74 Å². The third kappa shape index (κ3) is 22.0. The van der Waals surface area contributed by atoms with Crippen LogP contribution in [0.3, 0.4) is 0 Å². The van der Waals surface area contributed by atoms with Crippen molar-refractivity contribution in [3.8, 4) is 0 Å². The first-order chi connectivity index (χ1) is 13.7. The van der Waals surface area contributed by atoms with Crippen molar-refractivity contribution in [2.24, 2.45) is 5.92 Å². The Labute approximate surface area is 173 Å². The molecule has 0 heterocycles. The predicted octanol–water partition coefficient (Wildman–Crippen LogP) is 7.66. The van der Waals surface area contributed by atoms with Crippen LogP contribution in [0.4, 0.5) is 0 Å². The molecule has 0 unspecified atom stereocenters. The van der Waals surface area contributed by atoms with Crippen LogP contribution in [0.15, 0.2) is 72.9 Å². The van der Waals surface area contributed by atoms with Gasteiger partial charge in [0.25, 0.3) is 0 Å². The van der Waals surface area contributed by atoms with Gasteiger partial charge in [-0.25, -0.2) is 4.79 Å². The van der Waals surface area contributed by atoms with E-state index >= 15 is 0 Å². The first-order valence-corrected chi connectivity index (χ1v) is 10.8. The van der Waals surface area contributed by atoms with Crippen molar-refractivity contribution >= 4 is 5.97 Å². The minimum absolute atomic E-state index is 0.299. The van der Waals surface area contributed by atoms with E-state index in [0.717, 1.165) is 0 Å². The maximum absolute atomic E-state index is 11.3. The van der Waals surface area contributed by atoms with Crippen LogP contribution in [0.25, 0.3) is 0 Å². The van der Waals surface area contributed by atoms with Crippen LogP contribution < -0.4 is 0 Å². The number of esters is 1. The molecule has 0 atom stereocenters. The molecule has 0 aromatic heterocycles. The number of hydrogen-bond donors (Lipinski definition) is 0. The zero-order valence-corrected chi connectivity index (χ0v) is 18.2. The number of hydrogen-bond acceptors (Lipinski definition) is 2. The SMILES string of the molecule is CCCCCCCCCC=CC=CC=CC=CC=CC=CC(=O)OCC(C)C. The Morgan fingerprint density at radius 3 is 1.79 bits per heavy atom. The highest BCUT2D eigenvalue weighted by atomic mass is 16.5. The average Bonchev–Trinajstić information content (AvgIpc) is 2.68. The topological polar surface area (TPSA) is 26.3 Å². The molecule has 0 bridgehead atoms. The van der Waals surface area contributed by atoms with Gasteiger partial charge in [-0.2, -0.15) is 0 Å². The van der Waals surface area contributed by atoms with E-state index in [1.165, 1.54) is 57.4 Å². The summed E-state index contributed by atoms with van der Waals surface area (Å²) in [6.07, 6.45) is 33.8. The number of rotatable bonds is 16. The second kappa shape index (κ2) is 21.2. The number of ether oxygens (including phenoxy) is 1. The molecule has 0 aromatic carbocycles. The van der Waals surface area contributed by atoms with Crippen LogP contribution in [-0.2, 0) is 9.53 Å². The molecule has 0 radical (unpaired) electrons. The Kier molecular flexibility index (Phi) is 19.6. The summed E-state index contributed by atoms with van der Waals surface area (Å²) in [5.74, 6) is 0.0599. The molecule has 0 aliphatic heterocycles. The fourth-order valence-electron chi connectivity index (χ4n) is 2.34. The summed E-state index contributed by atoms with van der Waals surface area (Å²) in [4.78, 5) is 11.3. The smallest absolute Gasteiger partial charge is 0.330 e. The highest BCUT2D eigenvalue weighted by Crippen LogP contribution is 2.08. The van der Waals surface area contributed by atoms with Gasteiger partial charge in [0.05, 0.1) is 6.61 Å². The van der Waals surface area contributed by atoms with Crippen molar-refractivity contribution in [1.82, 2.24) is 0 Å². The molecule has 0 aliphatic carbocycles. The molecular weight excluding hydrogens is 344 g/mol. The van der Waals surface area contributed by atoms with E-state index in [-0.39, 0.29) is 5.97 Å². The molecule has 28 heavy (non-hydrogen) atoms. The van der Waals surface area contributed by atoms with Gasteiger partial charge in [0.1, 0.15) is 0 Å². The minimum atomic E-state index is -0.299. The molecule has 0 spiro atoms. The Hall–Kier alpha value is -2.09. The van der Waals surface area contributed by atoms with Gasteiger partial charge in [0.15, 0.2) is 0 Å². The minimum Gasteiger partial charge on any atom is -0.462 e. The summed E-state index contributed by atoms with van der Waals surface area (Å²) < 4.78 is 5.04. The maximum atomic E-state index is 11.3. The van der Waals surface area contributed by atoms with Crippen molar-refractivity contribution in [2.45, 2.75) is 72.1 Å². The second-order valence-electron chi connectivity index (χ2n) is 7.26. The maximum Gasteiger partial charge on any atom is 0.330 e. The highest BCUT2D eigenvalue weighted by Gasteiger charge is 1.97. The van der Waals surface area contributed by atoms with E-state index in [0.29, 0.717) is 12.5 Å². The number of unbranched alkanes of at least 4 members (excludes halogenated alkanes) is 7. The highest BCUT2D eigenvalue weighted by molar-refractivity contribution is 5.82. The van der Waals surface area contributed by atoms with Gasteiger partial charge in [0, 0.05) is 6.08 Å². The molecule has 2 nitrogen and oxygen atoms in total. The van der Waals surface area contributed by atoms with Crippen LogP contribution in [0, 0.1) is 5.92 Å². The quantitative estimate of drug-likeness (QED) is 0.118. The third-order valence-electron chi connectivity index (χ3n) is 3.90. The molecule has 0 fully saturated rings. The number of allylic oxidation sites excluding steroid dienone is 11. The lowest BCUT2D eigenvalue weighted by Crippen LogP contribution is -2.06. The summed E-state index contributed by atoms with van der Waals surface area (Å²) in [5.41, 5.74) is 0. The van der Waals surface area contributed by atoms with Crippen molar-refractivity contribution in [1.29, 1.82) is 0 Å². The summed E-state index contributed by atoms with van der Waals surface area (Å²) in [5, 5.41) is 0.